The topological polar surface area (TPSA) is 34.1 Å². The van der Waals surface area contributed by atoms with Gasteiger partial charge < -0.3 is 0 Å². The molecule has 0 aliphatic carbocycles. The second kappa shape index (κ2) is 6.80. The molecule has 0 heterocycles. The lowest BCUT2D eigenvalue weighted by Gasteiger charge is -2.18. The molecule has 3 aromatic rings. The van der Waals surface area contributed by atoms with E-state index < -0.39 is 15.1 Å². The molecule has 23 heavy (non-hydrogen) atoms. The van der Waals surface area contributed by atoms with Crippen molar-refractivity contribution in [3.63, 3.8) is 0 Å². The van der Waals surface area contributed by atoms with Crippen molar-refractivity contribution < 1.29 is 8.42 Å². The zero-order valence-corrected chi connectivity index (χ0v) is 13.5. The van der Waals surface area contributed by atoms with Gasteiger partial charge in [0, 0.05) is 0 Å². The molecule has 3 rings (SSSR count). The minimum atomic E-state index is -3.45. The Morgan fingerprint density at radius 2 is 1.13 bits per heavy atom. The molecule has 0 spiro atoms. The van der Waals surface area contributed by atoms with Crippen LogP contribution in [0.25, 0.3) is 0 Å². The summed E-state index contributed by atoms with van der Waals surface area (Å²) in [6.45, 7) is 0. The van der Waals surface area contributed by atoms with Gasteiger partial charge in [0.15, 0.2) is 9.84 Å². The van der Waals surface area contributed by atoms with Crippen LogP contribution in [0.15, 0.2) is 95.9 Å². The molecule has 116 valence electrons. The number of benzene rings is 3. The van der Waals surface area contributed by atoms with Crippen molar-refractivity contribution in [1.29, 1.82) is 0 Å². The normalized spacial score (nSPS) is 12.7. The molecule has 3 aromatic carbocycles. The Balaban J connectivity index is 2.05. The summed E-state index contributed by atoms with van der Waals surface area (Å²) in [5.41, 5.74) is 1.83. The van der Waals surface area contributed by atoms with Crippen LogP contribution in [0.5, 0.6) is 0 Å². The molecular formula is C20H18O2S. The molecule has 0 bridgehead atoms. The maximum absolute atomic E-state index is 13.1. The summed E-state index contributed by atoms with van der Waals surface area (Å²) in [7, 11) is -3.45. The third-order valence-corrected chi connectivity index (χ3v) is 6.00. The minimum Gasteiger partial charge on any atom is -0.223 e. The van der Waals surface area contributed by atoms with Crippen LogP contribution in [0.1, 0.15) is 16.4 Å². The molecule has 0 saturated heterocycles. The average molecular weight is 322 g/mol. The van der Waals surface area contributed by atoms with E-state index in [4.69, 9.17) is 0 Å². The first-order chi connectivity index (χ1) is 11.2. The second-order valence-corrected chi connectivity index (χ2v) is 7.58. The molecule has 2 nitrogen and oxygen atoms in total. The molecule has 0 amide bonds. The van der Waals surface area contributed by atoms with E-state index >= 15 is 0 Å². The van der Waals surface area contributed by atoms with Crippen LogP contribution >= 0.6 is 0 Å². The first-order valence-electron chi connectivity index (χ1n) is 7.56. The van der Waals surface area contributed by atoms with Gasteiger partial charge in [0.05, 0.1) is 10.1 Å². The maximum atomic E-state index is 13.1. The highest BCUT2D eigenvalue weighted by atomic mass is 32.2. The third-order valence-electron chi connectivity index (χ3n) is 3.88. The predicted molar refractivity (Wildman–Crippen MR) is 93.0 cm³/mol. The summed E-state index contributed by atoms with van der Waals surface area (Å²) < 4.78 is 26.3. The Morgan fingerprint density at radius 3 is 1.70 bits per heavy atom. The first kappa shape index (κ1) is 15.5. The van der Waals surface area contributed by atoms with Gasteiger partial charge in [0.2, 0.25) is 0 Å². The van der Waals surface area contributed by atoms with Crippen molar-refractivity contribution >= 4 is 9.84 Å². The Kier molecular flexibility index (Phi) is 4.58. The number of hydrogen-bond acceptors (Lipinski definition) is 2. The summed E-state index contributed by atoms with van der Waals surface area (Å²) in [6, 6.07) is 27.9. The van der Waals surface area contributed by atoms with Gasteiger partial charge in [0.25, 0.3) is 0 Å². The Labute approximate surface area is 137 Å². The van der Waals surface area contributed by atoms with Crippen LogP contribution in [0.4, 0.5) is 0 Å². The minimum absolute atomic E-state index is 0.366. The second-order valence-electron chi connectivity index (χ2n) is 5.45. The molecule has 0 fully saturated rings. The summed E-state index contributed by atoms with van der Waals surface area (Å²) in [6.07, 6.45) is 0.460. The van der Waals surface area contributed by atoms with Crippen LogP contribution in [-0.2, 0) is 16.3 Å². The first-order valence-corrected chi connectivity index (χ1v) is 9.10. The molecule has 0 unspecified atom stereocenters. The lowest BCUT2D eigenvalue weighted by atomic mass is 10.0. The van der Waals surface area contributed by atoms with Crippen LogP contribution in [0.2, 0.25) is 0 Å². The van der Waals surface area contributed by atoms with E-state index in [1.165, 1.54) is 0 Å². The van der Waals surface area contributed by atoms with Gasteiger partial charge in [-0.3, -0.25) is 0 Å². The van der Waals surface area contributed by atoms with E-state index in [1.54, 1.807) is 24.3 Å². The fraction of sp³-hybridized carbons (Fsp3) is 0.100. The Hall–Kier alpha value is -2.39. The molecule has 0 aliphatic heterocycles. The molecule has 0 aromatic heterocycles. The molecule has 3 heteroatoms. The summed E-state index contributed by atoms with van der Waals surface area (Å²) in [5, 5.41) is -0.589. The van der Waals surface area contributed by atoms with Crippen molar-refractivity contribution in [2.45, 2.75) is 16.6 Å². The van der Waals surface area contributed by atoms with Crippen molar-refractivity contribution in [2.24, 2.45) is 0 Å². The van der Waals surface area contributed by atoms with Gasteiger partial charge >= 0.3 is 0 Å². The quantitative estimate of drug-likeness (QED) is 0.696. The molecule has 1 atom stereocenters. The summed E-state index contributed by atoms with van der Waals surface area (Å²) in [5.74, 6) is 0. The van der Waals surface area contributed by atoms with Crippen LogP contribution in [0.3, 0.4) is 0 Å². The zero-order valence-electron chi connectivity index (χ0n) is 12.7. The molecule has 0 saturated carbocycles. The lowest BCUT2D eigenvalue weighted by molar-refractivity contribution is 0.581. The van der Waals surface area contributed by atoms with Crippen molar-refractivity contribution in [2.75, 3.05) is 0 Å². The average Bonchev–Trinajstić information content (AvgIpc) is 2.62. The third kappa shape index (κ3) is 3.51. The van der Waals surface area contributed by atoms with E-state index in [2.05, 4.69) is 0 Å². The fourth-order valence-corrected chi connectivity index (χ4v) is 4.47. The SMILES string of the molecule is O=S(=O)(c1ccccc1)[C@@H](Cc1ccccc1)c1ccccc1. The van der Waals surface area contributed by atoms with E-state index in [0.29, 0.717) is 11.3 Å². The number of sulfone groups is 1. The molecule has 0 N–H and O–H groups in total. The van der Waals surface area contributed by atoms with Crippen molar-refractivity contribution in [3.05, 3.63) is 102 Å². The summed E-state index contributed by atoms with van der Waals surface area (Å²) >= 11 is 0. The largest absolute Gasteiger partial charge is 0.223 e. The summed E-state index contributed by atoms with van der Waals surface area (Å²) in [4.78, 5) is 0.366. The highest BCUT2D eigenvalue weighted by Gasteiger charge is 2.29. The highest BCUT2D eigenvalue weighted by Crippen LogP contribution is 2.31. The fourth-order valence-electron chi connectivity index (χ4n) is 2.68. The van der Waals surface area contributed by atoms with E-state index in [9.17, 15) is 8.42 Å². The predicted octanol–water partition coefficient (Wildman–Crippen LogP) is 4.44. The smallest absolute Gasteiger partial charge is 0.185 e. The molecule has 0 aliphatic rings. The van der Waals surface area contributed by atoms with E-state index in [-0.39, 0.29) is 0 Å². The van der Waals surface area contributed by atoms with Gasteiger partial charge in [-0.1, -0.05) is 78.9 Å². The van der Waals surface area contributed by atoms with Crippen molar-refractivity contribution in [3.8, 4) is 0 Å². The van der Waals surface area contributed by atoms with Gasteiger partial charge in [0.1, 0.15) is 0 Å². The van der Waals surface area contributed by atoms with Crippen LogP contribution in [-0.4, -0.2) is 8.42 Å². The van der Waals surface area contributed by atoms with Gasteiger partial charge in [-0.2, -0.15) is 0 Å². The van der Waals surface area contributed by atoms with Gasteiger partial charge in [-0.25, -0.2) is 8.42 Å². The van der Waals surface area contributed by atoms with E-state index in [1.807, 2.05) is 66.7 Å². The van der Waals surface area contributed by atoms with Crippen LogP contribution < -0.4 is 0 Å². The van der Waals surface area contributed by atoms with Gasteiger partial charge in [-0.05, 0) is 29.7 Å². The van der Waals surface area contributed by atoms with E-state index in [0.717, 1.165) is 11.1 Å². The molecule has 0 radical (unpaired) electrons. The van der Waals surface area contributed by atoms with Gasteiger partial charge in [-0.15, -0.1) is 0 Å². The molecular weight excluding hydrogens is 304 g/mol. The standard InChI is InChI=1S/C20H18O2S/c21-23(22,19-14-8-3-9-15-19)20(18-12-6-2-7-13-18)16-17-10-4-1-5-11-17/h1-15,20H,16H2/t20-/m0/s1. The zero-order chi connectivity index (χ0) is 16.1. The maximum Gasteiger partial charge on any atom is 0.185 e. The monoisotopic (exact) mass is 322 g/mol. The number of rotatable bonds is 5. The highest BCUT2D eigenvalue weighted by molar-refractivity contribution is 7.91. The lowest BCUT2D eigenvalue weighted by Crippen LogP contribution is -2.16. The van der Waals surface area contributed by atoms with Crippen molar-refractivity contribution in [1.82, 2.24) is 0 Å². The Morgan fingerprint density at radius 1 is 0.652 bits per heavy atom. The Bertz CT molecular complexity index is 842. The number of hydrogen-bond donors (Lipinski definition) is 0. The van der Waals surface area contributed by atoms with Crippen LogP contribution in [0, 0.1) is 0 Å².